The van der Waals surface area contributed by atoms with Crippen LogP contribution in [0.25, 0.3) is 11.5 Å². The Bertz CT molecular complexity index is 612. The Labute approximate surface area is 109 Å². The number of nitrogens with zero attached hydrogens (tertiary/aromatic N) is 4. The predicted octanol–water partition coefficient (Wildman–Crippen LogP) is 2.23. The summed E-state index contributed by atoms with van der Waals surface area (Å²) >= 11 is 5.92. The van der Waals surface area contributed by atoms with Crippen LogP contribution in [0.3, 0.4) is 0 Å². The molecule has 2 bridgehead atoms. The Hall–Kier alpha value is -1.46. The molecular formula is C12H11ClN4O. The van der Waals surface area contributed by atoms with E-state index in [1.807, 2.05) is 12.1 Å². The van der Waals surface area contributed by atoms with Gasteiger partial charge in [-0.25, -0.2) is 4.98 Å². The van der Waals surface area contributed by atoms with E-state index in [-0.39, 0.29) is 12.2 Å². The minimum absolute atomic E-state index is 0.101. The van der Waals surface area contributed by atoms with E-state index in [4.69, 9.17) is 16.3 Å². The largest absolute Gasteiger partial charge is 0.365 e. The van der Waals surface area contributed by atoms with Crippen LogP contribution in [0.2, 0.25) is 5.15 Å². The summed E-state index contributed by atoms with van der Waals surface area (Å²) in [7, 11) is 0. The first-order chi connectivity index (χ1) is 8.81. The van der Waals surface area contributed by atoms with Crippen molar-refractivity contribution in [3.8, 4) is 11.5 Å². The van der Waals surface area contributed by atoms with Crippen molar-refractivity contribution < 1.29 is 4.74 Å². The monoisotopic (exact) mass is 262 g/mol. The van der Waals surface area contributed by atoms with E-state index in [2.05, 4.69) is 19.7 Å². The fourth-order valence-electron chi connectivity index (χ4n) is 2.69. The van der Waals surface area contributed by atoms with E-state index in [0.29, 0.717) is 5.15 Å². The lowest BCUT2D eigenvalue weighted by molar-refractivity contribution is 0.00630. The summed E-state index contributed by atoms with van der Waals surface area (Å²) in [5, 5.41) is 8.96. The van der Waals surface area contributed by atoms with Gasteiger partial charge in [-0.05, 0) is 25.0 Å². The average molecular weight is 263 g/mol. The van der Waals surface area contributed by atoms with E-state index in [0.717, 1.165) is 36.7 Å². The van der Waals surface area contributed by atoms with Gasteiger partial charge in [0.2, 0.25) is 0 Å². The second-order valence-corrected chi connectivity index (χ2v) is 5.05. The summed E-state index contributed by atoms with van der Waals surface area (Å²) < 4.78 is 7.94. The minimum atomic E-state index is 0.101. The van der Waals surface area contributed by atoms with Crippen molar-refractivity contribution in [1.82, 2.24) is 19.7 Å². The van der Waals surface area contributed by atoms with Crippen LogP contribution in [0.5, 0.6) is 0 Å². The topological polar surface area (TPSA) is 52.8 Å². The third kappa shape index (κ3) is 1.47. The van der Waals surface area contributed by atoms with E-state index in [1.54, 1.807) is 6.07 Å². The highest BCUT2D eigenvalue weighted by Gasteiger charge is 2.37. The highest BCUT2D eigenvalue weighted by Crippen LogP contribution is 2.38. The number of fused-ring (bicyclic) bond motifs is 4. The minimum Gasteiger partial charge on any atom is -0.365 e. The number of rotatable bonds is 1. The van der Waals surface area contributed by atoms with Crippen molar-refractivity contribution in [2.24, 2.45) is 0 Å². The SMILES string of the molecule is Clc1cccc(-c2nnc3n2C[C@H]2CC[C@@H]3O2)n1. The lowest BCUT2D eigenvalue weighted by Crippen LogP contribution is -2.24. The summed E-state index contributed by atoms with van der Waals surface area (Å²) in [4.78, 5) is 4.30. The molecule has 5 nitrogen and oxygen atoms in total. The molecule has 0 radical (unpaired) electrons. The smallest absolute Gasteiger partial charge is 0.182 e. The molecule has 4 heterocycles. The highest BCUT2D eigenvalue weighted by molar-refractivity contribution is 6.29. The zero-order valence-electron chi connectivity index (χ0n) is 9.58. The van der Waals surface area contributed by atoms with Crippen LogP contribution in [-0.4, -0.2) is 25.9 Å². The Kier molecular flexibility index (Phi) is 2.19. The maximum atomic E-state index is 5.92. The van der Waals surface area contributed by atoms with Gasteiger partial charge in [-0.1, -0.05) is 17.7 Å². The molecule has 2 atom stereocenters. The molecule has 6 heteroatoms. The highest BCUT2D eigenvalue weighted by atomic mass is 35.5. The van der Waals surface area contributed by atoms with Crippen LogP contribution in [0.1, 0.15) is 24.8 Å². The summed E-state index contributed by atoms with van der Waals surface area (Å²) in [6.07, 6.45) is 2.52. The van der Waals surface area contributed by atoms with E-state index in [1.165, 1.54) is 0 Å². The quantitative estimate of drug-likeness (QED) is 0.740. The summed E-state index contributed by atoms with van der Waals surface area (Å²) in [6, 6.07) is 5.53. The third-order valence-corrected chi connectivity index (χ3v) is 3.72. The molecule has 0 unspecified atom stereocenters. The van der Waals surface area contributed by atoms with Crippen molar-refractivity contribution in [3.05, 3.63) is 29.2 Å². The molecule has 1 saturated heterocycles. The number of ether oxygens (including phenoxy) is 1. The van der Waals surface area contributed by atoms with Crippen LogP contribution in [0.15, 0.2) is 18.2 Å². The molecule has 0 saturated carbocycles. The molecule has 0 aromatic carbocycles. The molecular weight excluding hydrogens is 252 g/mol. The first-order valence-corrected chi connectivity index (χ1v) is 6.40. The molecule has 1 fully saturated rings. The predicted molar refractivity (Wildman–Crippen MR) is 65.1 cm³/mol. The Morgan fingerprint density at radius 2 is 2.22 bits per heavy atom. The van der Waals surface area contributed by atoms with Gasteiger partial charge < -0.3 is 9.30 Å². The molecule has 2 aliphatic heterocycles. The van der Waals surface area contributed by atoms with Crippen LogP contribution in [0, 0.1) is 0 Å². The van der Waals surface area contributed by atoms with E-state index in [9.17, 15) is 0 Å². The standard InChI is InChI=1S/C12H11ClN4O/c13-10-3-1-2-8(14-10)11-15-16-12-9-5-4-7(18-9)6-17(11)12/h1-3,7,9H,4-6H2/t7-,9+/m1/s1. The van der Waals surface area contributed by atoms with Gasteiger partial charge in [0.15, 0.2) is 11.6 Å². The van der Waals surface area contributed by atoms with Gasteiger partial charge in [0.05, 0.1) is 12.6 Å². The molecule has 0 spiro atoms. The van der Waals surface area contributed by atoms with Gasteiger partial charge in [-0.2, -0.15) is 0 Å². The second-order valence-electron chi connectivity index (χ2n) is 4.66. The molecule has 92 valence electrons. The van der Waals surface area contributed by atoms with Gasteiger partial charge >= 0.3 is 0 Å². The first-order valence-electron chi connectivity index (χ1n) is 6.03. The van der Waals surface area contributed by atoms with Gasteiger partial charge in [-0.3, -0.25) is 0 Å². The number of aromatic nitrogens is 4. The van der Waals surface area contributed by atoms with E-state index >= 15 is 0 Å². The molecule has 0 amide bonds. The summed E-state index contributed by atoms with van der Waals surface area (Å²) in [5.41, 5.74) is 0.766. The number of halogens is 1. The molecule has 2 aliphatic rings. The fourth-order valence-corrected chi connectivity index (χ4v) is 2.85. The number of hydrogen-bond acceptors (Lipinski definition) is 4. The Balaban J connectivity index is 1.84. The zero-order chi connectivity index (χ0) is 12.1. The fraction of sp³-hybridized carbons (Fsp3) is 0.417. The maximum Gasteiger partial charge on any atom is 0.182 e. The van der Waals surface area contributed by atoms with Crippen LogP contribution >= 0.6 is 11.6 Å². The van der Waals surface area contributed by atoms with Crippen molar-refractivity contribution in [3.63, 3.8) is 0 Å². The normalized spacial score (nSPS) is 25.2. The molecule has 2 aromatic heterocycles. The van der Waals surface area contributed by atoms with Crippen LogP contribution in [0.4, 0.5) is 0 Å². The molecule has 4 rings (SSSR count). The molecule has 18 heavy (non-hydrogen) atoms. The summed E-state index contributed by atoms with van der Waals surface area (Å²) in [5.74, 6) is 1.70. The molecule has 2 aromatic rings. The summed E-state index contributed by atoms with van der Waals surface area (Å²) in [6.45, 7) is 0.808. The van der Waals surface area contributed by atoms with Crippen LogP contribution in [-0.2, 0) is 11.3 Å². The van der Waals surface area contributed by atoms with E-state index < -0.39 is 0 Å². The molecule has 0 N–H and O–H groups in total. The van der Waals surface area contributed by atoms with Gasteiger partial charge in [0.1, 0.15) is 17.0 Å². The van der Waals surface area contributed by atoms with Crippen molar-refractivity contribution in [2.45, 2.75) is 31.6 Å². The number of hydrogen-bond donors (Lipinski definition) is 0. The third-order valence-electron chi connectivity index (χ3n) is 3.51. The van der Waals surface area contributed by atoms with Crippen LogP contribution < -0.4 is 0 Å². The van der Waals surface area contributed by atoms with Crippen molar-refractivity contribution >= 4 is 11.6 Å². The second kappa shape index (κ2) is 3.76. The number of pyridine rings is 1. The Morgan fingerprint density at radius 3 is 3.11 bits per heavy atom. The van der Waals surface area contributed by atoms with Gasteiger partial charge in [-0.15, -0.1) is 10.2 Å². The lowest BCUT2D eigenvalue weighted by Gasteiger charge is -2.22. The Morgan fingerprint density at radius 1 is 1.28 bits per heavy atom. The first kappa shape index (κ1) is 10.5. The molecule has 0 aliphatic carbocycles. The van der Waals surface area contributed by atoms with Crippen molar-refractivity contribution in [2.75, 3.05) is 0 Å². The maximum absolute atomic E-state index is 5.92. The lowest BCUT2D eigenvalue weighted by atomic mass is 10.2. The van der Waals surface area contributed by atoms with Gasteiger partial charge in [0.25, 0.3) is 0 Å². The van der Waals surface area contributed by atoms with Crippen molar-refractivity contribution in [1.29, 1.82) is 0 Å². The average Bonchev–Trinajstić information content (AvgIpc) is 2.95. The zero-order valence-corrected chi connectivity index (χ0v) is 10.3. The van der Waals surface area contributed by atoms with Gasteiger partial charge in [0, 0.05) is 0 Å².